The average Bonchev–Trinajstić information content (AvgIpc) is 2.98. The summed E-state index contributed by atoms with van der Waals surface area (Å²) in [4.78, 5) is 13.2. The molecule has 0 saturated carbocycles. The Hall–Kier alpha value is -1.64. The highest BCUT2D eigenvalue weighted by Crippen LogP contribution is 2.27. The highest BCUT2D eigenvalue weighted by atomic mass is 32.2. The van der Waals surface area contributed by atoms with Gasteiger partial charge in [0.25, 0.3) is 0 Å². The van der Waals surface area contributed by atoms with Crippen molar-refractivity contribution in [2.75, 3.05) is 31.1 Å². The molecule has 1 aromatic carbocycles. The third kappa shape index (κ3) is 3.52. The van der Waals surface area contributed by atoms with Crippen molar-refractivity contribution >= 4 is 21.7 Å². The molecule has 2 rings (SSSR count). The van der Waals surface area contributed by atoms with Gasteiger partial charge in [-0.15, -0.1) is 0 Å². The predicted molar refractivity (Wildman–Crippen MR) is 77.1 cm³/mol. The number of carboxylic acids is 1. The van der Waals surface area contributed by atoms with E-state index in [0.29, 0.717) is 5.69 Å². The molecule has 8 heteroatoms. The highest BCUT2D eigenvalue weighted by Gasteiger charge is 2.22. The van der Waals surface area contributed by atoms with Crippen molar-refractivity contribution in [3.63, 3.8) is 0 Å². The largest absolute Gasteiger partial charge is 0.478 e. The molecule has 0 aromatic heterocycles. The quantitative estimate of drug-likeness (QED) is 0.695. The number of carbonyl (C=O) groups is 1. The number of aliphatic hydroxyl groups excluding tert-OH is 1. The van der Waals surface area contributed by atoms with Gasteiger partial charge >= 0.3 is 5.97 Å². The Morgan fingerprint density at radius 3 is 2.52 bits per heavy atom. The van der Waals surface area contributed by atoms with E-state index in [1.165, 1.54) is 12.1 Å². The lowest BCUT2D eigenvalue weighted by atomic mass is 10.1. The lowest BCUT2D eigenvalue weighted by Gasteiger charge is -2.20. The second kappa shape index (κ2) is 6.42. The molecular weight excluding hydrogens is 296 g/mol. The summed E-state index contributed by atoms with van der Waals surface area (Å²) in [6.45, 7) is 1.11. The Morgan fingerprint density at radius 2 is 1.95 bits per heavy atom. The van der Waals surface area contributed by atoms with Crippen molar-refractivity contribution in [2.45, 2.75) is 17.7 Å². The summed E-state index contributed by atoms with van der Waals surface area (Å²) in [5.41, 5.74) is 0.518. The van der Waals surface area contributed by atoms with Crippen molar-refractivity contribution in [3.8, 4) is 0 Å². The number of rotatable bonds is 6. The molecule has 0 atom stereocenters. The second-order valence-corrected chi connectivity index (χ2v) is 6.57. The Labute approximate surface area is 123 Å². The Bertz CT molecular complexity index is 623. The van der Waals surface area contributed by atoms with Crippen LogP contribution in [0.15, 0.2) is 23.1 Å². The smallest absolute Gasteiger partial charge is 0.337 e. The standard InChI is InChI=1S/C13H18N2O5S/c16-8-5-14-21(19,20)10-3-4-12(11(9-10)13(17)18)15-6-1-2-7-15/h3-4,9,14,16H,1-2,5-8H2,(H,17,18). The monoisotopic (exact) mass is 314 g/mol. The van der Waals surface area contributed by atoms with Crippen LogP contribution in [0.5, 0.6) is 0 Å². The van der Waals surface area contributed by atoms with Crippen molar-refractivity contribution in [2.24, 2.45) is 0 Å². The topological polar surface area (TPSA) is 107 Å². The number of anilines is 1. The summed E-state index contributed by atoms with van der Waals surface area (Å²) in [6.07, 6.45) is 1.99. The number of hydrogen-bond acceptors (Lipinski definition) is 5. The molecule has 1 aliphatic rings. The minimum atomic E-state index is -3.81. The summed E-state index contributed by atoms with van der Waals surface area (Å²) in [5.74, 6) is -1.16. The second-order valence-electron chi connectivity index (χ2n) is 4.80. The Morgan fingerprint density at radius 1 is 1.29 bits per heavy atom. The maximum Gasteiger partial charge on any atom is 0.337 e. The van der Waals surface area contributed by atoms with Gasteiger partial charge in [-0.3, -0.25) is 0 Å². The number of benzene rings is 1. The van der Waals surface area contributed by atoms with Crippen molar-refractivity contribution in [1.29, 1.82) is 0 Å². The molecule has 116 valence electrons. The Balaban J connectivity index is 2.38. The van der Waals surface area contributed by atoms with Gasteiger partial charge in [-0.25, -0.2) is 17.9 Å². The maximum absolute atomic E-state index is 12.0. The first kappa shape index (κ1) is 15.7. The number of aromatic carboxylic acids is 1. The van der Waals surface area contributed by atoms with Crippen LogP contribution < -0.4 is 9.62 Å². The van der Waals surface area contributed by atoms with Crippen LogP contribution in [0.3, 0.4) is 0 Å². The van der Waals surface area contributed by atoms with E-state index in [-0.39, 0.29) is 23.6 Å². The van der Waals surface area contributed by atoms with Crippen LogP contribution in [0, 0.1) is 0 Å². The summed E-state index contributed by atoms with van der Waals surface area (Å²) < 4.78 is 26.1. The zero-order valence-corrected chi connectivity index (χ0v) is 12.3. The molecule has 1 aliphatic heterocycles. The molecule has 0 spiro atoms. The zero-order chi connectivity index (χ0) is 15.5. The van der Waals surface area contributed by atoms with Crippen LogP contribution in [-0.4, -0.2) is 50.8 Å². The molecule has 1 aromatic rings. The van der Waals surface area contributed by atoms with Crippen LogP contribution in [-0.2, 0) is 10.0 Å². The molecular formula is C13H18N2O5S. The number of sulfonamides is 1. The zero-order valence-electron chi connectivity index (χ0n) is 11.4. The lowest BCUT2D eigenvalue weighted by Crippen LogP contribution is -2.27. The first-order valence-corrected chi connectivity index (χ1v) is 8.17. The van der Waals surface area contributed by atoms with Gasteiger partial charge in [0.1, 0.15) is 0 Å². The number of aliphatic hydroxyl groups is 1. The van der Waals surface area contributed by atoms with E-state index in [1.807, 2.05) is 4.90 Å². The number of nitrogens with one attached hydrogen (secondary N) is 1. The van der Waals surface area contributed by atoms with Crippen LogP contribution >= 0.6 is 0 Å². The minimum Gasteiger partial charge on any atom is -0.478 e. The number of hydrogen-bond donors (Lipinski definition) is 3. The number of nitrogens with zero attached hydrogens (tertiary/aromatic N) is 1. The third-order valence-corrected chi connectivity index (χ3v) is 4.82. The molecule has 0 unspecified atom stereocenters. The molecule has 0 amide bonds. The Kier molecular flexibility index (Phi) is 4.81. The van der Waals surface area contributed by atoms with Gasteiger partial charge in [0, 0.05) is 19.6 Å². The summed E-state index contributed by atoms with van der Waals surface area (Å²) in [6, 6.07) is 4.08. The SMILES string of the molecule is O=C(O)c1cc(S(=O)(=O)NCCO)ccc1N1CCCC1. The van der Waals surface area contributed by atoms with E-state index in [0.717, 1.165) is 32.0 Å². The van der Waals surface area contributed by atoms with Crippen molar-refractivity contribution < 1.29 is 23.4 Å². The van der Waals surface area contributed by atoms with E-state index in [4.69, 9.17) is 5.11 Å². The fourth-order valence-electron chi connectivity index (χ4n) is 2.35. The molecule has 1 heterocycles. The van der Waals surface area contributed by atoms with Gasteiger partial charge in [0.15, 0.2) is 0 Å². The molecule has 7 nitrogen and oxygen atoms in total. The van der Waals surface area contributed by atoms with Crippen LogP contribution in [0.1, 0.15) is 23.2 Å². The first-order valence-electron chi connectivity index (χ1n) is 6.68. The van der Waals surface area contributed by atoms with Crippen molar-refractivity contribution in [1.82, 2.24) is 4.72 Å². The van der Waals surface area contributed by atoms with Gasteiger partial charge in [0.05, 0.1) is 22.8 Å². The van der Waals surface area contributed by atoms with Gasteiger partial charge in [-0.2, -0.15) is 0 Å². The lowest BCUT2D eigenvalue weighted by molar-refractivity contribution is 0.0697. The van der Waals surface area contributed by atoms with Gasteiger partial charge in [0.2, 0.25) is 10.0 Å². The first-order chi connectivity index (χ1) is 9.95. The molecule has 3 N–H and O–H groups in total. The molecule has 0 radical (unpaired) electrons. The van der Waals surface area contributed by atoms with Gasteiger partial charge in [-0.1, -0.05) is 0 Å². The molecule has 0 bridgehead atoms. The molecule has 1 fully saturated rings. The summed E-state index contributed by atoms with van der Waals surface area (Å²) in [5, 5.41) is 18.0. The minimum absolute atomic E-state index is 0.0243. The highest BCUT2D eigenvalue weighted by molar-refractivity contribution is 7.89. The van der Waals surface area contributed by atoms with Crippen LogP contribution in [0.4, 0.5) is 5.69 Å². The van der Waals surface area contributed by atoms with E-state index in [1.54, 1.807) is 0 Å². The predicted octanol–water partition coefficient (Wildman–Crippen LogP) is 0.256. The fraction of sp³-hybridized carbons (Fsp3) is 0.462. The molecule has 21 heavy (non-hydrogen) atoms. The van der Waals surface area contributed by atoms with Gasteiger partial charge in [-0.05, 0) is 31.0 Å². The molecule has 0 aliphatic carbocycles. The fourth-order valence-corrected chi connectivity index (χ4v) is 3.40. The van der Waals surface area contributed by atoms with Crippen LogP contribution in [0.25, 0.3) is 0 Å². The number of carboxylic acid groups (broad SMARTS) is 1. The van der Waals surface area contributed by atoms with Crippen LogP contribution in [0.2, 0.25) is 0 Å². The normalized spacial score (nSPS) is 15.4. The van der Waals surface area contributed by atoms with E-state index < -0.39 is 16.0 Å². The van der Waals surface area contributed by atoms with Gasteiger partial charge < -0.3 is 15.1 Å². The van der Waals surface area contributed by atoms with E-state index in [9.17, 15) is 18.3 Å². The summed E-state index contributed by atoms with van der Waals surface area (Å²) in [7, 11) is -3.81. The third-order valence-electron chi connectivity index (χ3n) is 3.36. The van der Waals surface area contributed by atoms with E-state index in [2.05, 4.69) is 4.72 Å². The summed E-state index contributed by atoms with van der Waals surface area (Å²) >= 11 is 0. The van der Waals surface area contributed by atoms with E-state index >= 15 is 0 Å². The molecule has 1 saturated heterocycles. The maximum atomic E-state index is 12.0. The average molecular weight is 314 g/mol. The van der Waals surface area contributed by atoms with Crippen molar-refractivity contribution in [3.05, 3.63) is 23.8 Å².